The van der Waals surface area contributed by atoms with Crippen LogP contribution in [-0.2, 0) is 0 Å². The van der Waals surface area contributed by atoms with Crippen LogP contribution in [0.3, 0.4) is 0 Å². The van der Waals surface area contributed by atoms with E-state index in [-0.39, 0.29) is 0 Å². The van der Waals surface area contributed by atoms with Gasteiger partial charge in [-0.05, 0) is 38.5 Å². The highest BCUT2D eigenvalue weighted by Crippen LogP contribution is 2.29. The zero-order valence-electron chi connectivity index (χ0n) is 8.77. The van der Waals surface area contributed by atoms with Crippen molar-refractivity contribution >= 4 is 0 Å². The third-order valence-electron chi connectivity index (χ3n) is 3.34. The lowest BCUT2D eigenvalue weighted by atomic mass is 9.80. The molecule has 0 aromatic carbocycles. The summed E-state index contributed by atoms with van der Waals surface area (Å²) in [7, 11) is 0. The zero-order valence-corrected chi connectivity index (χ0v) is 8.77. The second-order valence-corrected chi connectivity index (χ2v) is 4.16. The minimum atomic E-state index is 0.751. The molecule has 0 aromatic rings. The van der Waals surface area contributed by atoms with E-state index < -0.39 is 0 Å². The molecule has 1 unspecified atom stereocenters. The second-order valence-electron chi connectivity index (χ2n) is 4.16. The van der Waals surface area contributed by atoms with Gasteiger partial charge in [-0.15, -0.1) is 0 Å². The molecule has 1 rings (SSSR count). The summed E-state index contributed by atoms with van der Waals surface area (Å²) in [6, 6.07) is 1.50. The van der Waals surface area contributed by atoms with Gasteiger partial charge >= 0.3 is 0 Å². The van der Waals surface area contributed by atoms with Crippen molar-refractivity contribution in [1.82, 2.24) is 5.32 Å². The molecule has 1 N–H and O–H groups in total. The van der Waals surface area contributed by atoms with E-state index in [0.717, 1.165) is 18.0 Å². The lowest BCUT2D eigenvalue weighted by Crippen LogP contribution is -2.42. The van der Waals surface area contributed by atoms with E-state index in [1.807, 2.05) is 0 Å². The number of hydrogen-bond acceptors (Lipinski definition) is 1. The maximum absolute atomic E-state index is 3.72. The summed E-state index contributed by atoms with van der Waals surface area (Å²) in [4.78, 5) is 0. The van der Waals surface area contributed by atoms with E-state index in [2.05, 4.69) is 26.1 Å². The number of rotatable bonds is 5. The Morgan fingerprint density at radius 2 is 1.83 bits per heavy atom. The van der Waals surface area contributed by atoms with Gasteiger partial charge < -0.3 is 5.32 Å². The molecule has 12 heavy (non-hydrogen) atoms. The van der Waals surface area contributed by atoms with Gasteiger partial charge in [0.05, 0.1) is 0 Å². The normalized spacial score (nSPS) is 21.0. The van der Waals surface area contributed by atoms with Crippen molar-refractivity contribution in [2.75, 3.05) is 0 Å². The Bertz CT molecular complexity index is 114. The van der Waals surface area contributed by atoms with Gasteiger partial charge in [-0.2, -0.15) is 0 Å². The van der Waals surface area contributed by atoms with Gasteiger partial charge in [-0.25, -0.2) is 0 Å². The molecule has 1 nitrogen and oxygen atoms in total. The van der Waals surface area contributed by atoms with Crippen molar-refractivity contribution in [2.24, 2.45) is 5.92 Å². The summed E-state index contributed by atoms with van der Waals surface area (Å²) in [6.07, 6.45) is 6.91. The van der Waals surface area contributed by atoms with Crippen LogP contribution in [0.5, 0.6) is 0 Å². The maximum atomic E-state index is 3.72. The molecule has 0 aliphatic heterocycles. The lowest BCUT2D eigenvalue weighted by molar-refractivity contribution is 0.223. The van der Waals surface area contributed by atoms with Crippen LogP contribution in [0.1, 0.15) is 52.9 Å². The molecule has 1 fully saturated rings. The lowest BCUT2D eigenvalue weighted by Gasteiger charge is -2.34. The minimum Gasteiger partial charge on any atom is -0.311 e. The Hall–Kier alpha value is -0.0400. The highest BCUT2D eigenvalue weighted by atomic mass is 14.9. The fraction of sp³-hybridized carbons (Fsp3) is 1.00. The standard InChI is InChI=1S/C11H23N/c1-4-11(5-2)12-9(3)10-7-6-8-10/h9-12H,4-8H2,1-3H3. The van der Waals surface area contributed by atoms with Gasteiger partial charge in [0.1, 0.15) is 0 Å². The van der Waals surface area contributed by atoms with Crippen molar-refractivity contribution in [3.8, 4) is 0 Å². The SMILES string of the molecule is CCC(CC)NC(C)C1CCC1. The molecular weight excluding hydrogens is 146 g/mol. The number of hydrogen-bond donors (Lipinski definition) is 1. The Labute approximate surface area is 76.9 Å². The molecular formula is C11H23N. The van der Waals surface area contributed by atoms with E-state index in [1.54, 1.807) is 0 Å². The third-order valence-corrected chi connectivity index (χ3v) is 3.34. The first-order chi connectivity index (χ1) is 5.77. The van der Waals surface area contributed by atoms with Crippen LogP contribution in [0.15, 0.2) is 0 Å². The molecule has 0 amide bonds. The van der Waals surface area contributed by atoms with Gasteiger partial charge in [0.15, 0.2) is 0 Å². The molecule has 1 aliphatic carbocycles. The molecule has 0 spiro atoms. The molecule has 0 heterocycles. The molecule has 1 atom stereocenters. The Morgan fingerprint density at radius 3 is 2.17 bits per heavy atom. The molecule has 1 heteroatoms. The van der Waals surface area contributed by atoms with Crippen LogP contribution < -0.4 is 5.32 Å². The topological polar surface area (TPSA) is 12.0 Å². The van der Waals surface area contributed by atoms with Crippen LogP contribution in [0, 0.1) is 5.92 Å². The van der Waals surface area contributed by atoms with Gasteiger partial charge in [0.2, 0.25) is 0 Å². The molecule has 1 aliphatic rings. The van der Waals surface area contributed by atoms with Crippen molar-refractivity contribution < 1.29 is 0 Å². The molecule has 72 valence electrons. The van der Waals surface area contributed by atoms with Crippen molar-refractivity contribution in [3.05, 3.63) is 0 Å². The van der Waals surface area contributed by atoms with Crippen molar-refractivity contribution in [2.45, 2.75) is 65.0 Å². The molecule has 0 radical (unpaired) electrons. The quantitative estimate of drug-likeness (QED) is 0.667. The van der Waals surface area contributed by atoms with E-state index >= 15 is 0 Å². The molecule has 0 bridgehead atoms. The monoisotopic (exact) mass is 169 g/mol. The highest BCUT2D eigenvalue weighted by Gasteiger charge is 2.24. The minimum absolute atomic E-state index is 0.751. The molecule has 0 saturated heterocycles. The fourth-order valence-corrected chi connectivity index (χ4v) is 1.97. The zero-order chi connectivity index (χ0) is 8.97. The smallest absolute Gasteiger partial charge is 0.00695 e. The summed E-state index contributed by atoms with van der Waals surface area (Å²) in [6.45, 7) is 6.89. The van der Waals surface area contributed by atoms with Crippen molar-refractivity contribution in [3.63, 3.8) is 0 Å². The van der Waals surface area contributed by atoms with Crippen molar-refractivity contribution in [1.29, 1.82) is 0 Å². The summed E-state index contributed by atoms with van der Waals surface area (Å²) in [5.41, 5.74) is 0. The summed E-state index contributed by atoms with van der Waals surface area (Å²) in [5.74, 6) is 0.977. The first kappa shape index (κ1) is 10.0. The Morgan fingerprint density at radius 1 is 1.25 bits per heavy atom. The van der Waals surface area contributed by atoms with E-state index in [0.29, 0.717) is 0 Å². The second kappa shape index (κ2) is 4.86. The van der Waals surface area contributed by atoms with E-state index in [4.69, 9.17) is 0 Å². The average Bonchev–Trinajstić information content (AvgIpc) is 1.96. The average molecular weight is 169 g/mol. The van der Waals surface area contributed by atoms with Crippen LogP contribution in [0.2, 0.25) is 0 Å². The third kappa shape index (κ3) is 2.48. The first-order valence-corrected chi connectivity index (χ1v) is 5.54. The highest BCUT2D eigenvalue weighted by molar-refractivity contribution is 4.81. The first-order valence-electron chi connectivity index (χ1n) is 5.54. The predicted molar refractivity (Wildman–Crippen MR) is 54.3 cm³/mol. The number of nitrogens with one attached hydrogen (secondary N) is 1. The van der Waals surface area contributed by atoms with Crippen LogP contribution in [0.4, 0.5) is 0 Å². The van der Waals surface area contributed by atoms with Crippen LogP contribution >= 0.6 is 0 Å². The Balaban J connectivity index is 2.18. The van der Waals surface area contributed by atoms with Gasteiger partial charge in [0.25, 0.3) is 0 Å². The predicted octanol–water partition coefficient (Wildman–Crippen LogP) is 2.95. The largest absolute Gasteiger partial charge is 0.311 e. The summed E-state index contributed by atoms with van der Waals surface area (Å²) < 4.78 is 0. The summed E-state index contributed by atoms with van der Waals surface area (Å²) in [5, 5.41) is 3.72. The van der Waals surface area contributed by atoms with E-state index in [9.17, 15) is 0 Å². The summed E-state index contributed by atoms with van der Waals surface area (Å²) >= 11 is 0. The van der Waals surface area contributed by atoms with Crippen LogP contribution in [0.25, 0.3) is 0 Å². The van der Waals surface area contributed by atoms with Crippen LogP contribution in [-0.4, -0.2) is 12.1 Å². The van der Waals surface area contributed by atoms with E-state index in [1.165, 1.54) is 32.1 Å². The fourth-order valence-electron chi connectivity index (χ4n) is 1.97. The maximum Gasteiger partial charge on any atom is 0.00695 e. The van der Waals surface area contributed by atoms with Gasteiger partial charge in [-0.1, -0.05) is 20.3 Å². The molecule has 0 aromatic heterocycles. The Kier molecular flexibility index (Phi) is 4.07. The molecule has 1 saturated carbocycles. The van der Waals surface area contributed by atoms with Gasteiger partial charge in [0, 0.05) is 12.1 Å². The van der Waals surface area contributed by atoms with Gasteiger partial charge in [-0.3, -0.25) is 0 Å².